The van der Waals surface area contributed by atoms with Crippen molar-refractivity contribution in [3.8, 4) is 0 Å². The van der Waals surface area contributed by atoms with Gasteiger partial charge in [-0.1, -0.05) is 195 Å². The van der Waals surface area contributed by atoms with Crippen molar-refractivity contribution in [1.29, 1.82) is 0 Å². The summed E-state index contributed by atoms with van der Waals surface area (Å²) < 4.78 is 0. The maximum absolute atomic E-state index is 3.50. The molecule has 0 spiro atoms. The summed E-state index contributed by atoms with van der Waals surface area (Å²) in [5.74, 6) is 0.940. The standard InChI is InChI=1S/C36H75P.BrH/c1-5-9-13-17-18-19-20-21-22-23-24-25-26-28-32-35(31-27-14-10-6-2)36(37,33-29-15-11-7-3)34-30-16-12-8-4;/h35H,5-34,37H2,1-4H3;1H. The van der Waals surface area contributed by atoms with E-state index in [-0.39, 0.29) is 17.0 Å². The van der Waals surface area contributed by atoms with Crippen LogP contribution in [0.2, 0.25) is 0 Å². The van der Waals surface area contributed by atoms with Gasteiger partial charge in [0.1, 0.15) is 0 Å². The zero-order valence-electron chi connectivity index (χ0n) is 27.3. The van der Waals surface area contributed by atoms with Crippen molar-refractivity contribution in [2.24, 2.45) is 5.92 Å². The van der Waals surface area contributed by atoms with E-state index in [1.165, 1.54) is 193 Å². The van der Waals surface area contributed by atoms with Crippen LogP contribution >= 0.6 is 26.2 Å². The Morgan fingerprint density at radius 1 is 0.368 bits per heavy atom. The maximum Gasteiger partial charge on any atom is -0.0122 e. The SMILES string of the molecule is Br.CCCCCCCCCCCCCCCCC(CCCCCC)C(P)(CCCCCC)CCCCCC. The third-order valence-electron chi connectivity index (χ3n) is 9.12. The zero-order chi connectivity index (χ0) is 27.3. The number of rotatable bonds is 31. The predicted octanol–water partition coefficient (Wildman–Crippen LogP) is 14.6. The molecule has 0 radical (unpaired) electrons. The van der Waals surface area contributed by atoms with Crippen LogP contribution in [0.5, 0.6) is 0 Å². The van der Waals surface area contributed by atoms with Crippen LogP contribution in [-0.4, -0.2) is 5.16 Å². The Balaban J connectivity index is 0. The first-order valence-corrected chi connectivity index (χ1v) is 18.5. The molecular formula is C36H76BrP. The molecule has 0 aliphatic heterocycles. The second-order valence-corrected chi connectivity index (χ2v) is 13.9. The fourth-order valence-corrected chi connectivity index (χ4v) is 7.16. The van der Waals surface area contributed by atoms with E-state index in [4.69, 9.17) is 0 Å². The molecule has 0 amide bonds. The normalized spacial score (nSPS) is 12.6. The predicted molar refractivity (Wildman–Crippen MR) is 187 cm³/mol. The maximum atomic E-state index is 3.50. The first-order valence-electron chi connectivity index (χ1n) is 17.9. The Bertz CT molecular complexity index is 412. The van der Waals surface area contributed by atoms with Crippen LogP contribution < -0.4 is 0 Å². The molecule has 0 aromatic carbocycles. The third kappa shape index (κ3) is 25.8. The molecule has 0 aliphatic carbocycles. The van der Waals surface area contributed by atoms with Crippen LogP contribution in [0.4, 0.5) is 0 Å². The first-order chi connectivity index (χ1) is 18.1. The minimum atomic E-state index is 0. The highest BCUT2D eigenvalue weighted by Crippen LogP contribution is 2.44. The van der Waals surface area contributed by atoms with Crippen LogP contribution in [0.15, 0.2) is 0 Å². The summed E-state index contributed by atoms with van der Waals surface area (Å²) in [5.41, 5.74) is 0. The lowest BCUT2D eigenvalue weighted by molar-refractivity contribution is 0.270. The van der Waals surface area contributed by atoms with E-state index >= 15 is 0 Å². The van der Waals surface area contributed by atoms with E-state index < -0.39 is 0 Å². The molecule has 2 atom stereocenters. The summed E-state index contributed by atoms with van der Waals surface area (Å²) in [4.78, 5) is 0. The van der Waals surface area contributed by atoms with Gasteiger partial charge in [0.2, 0.25) is 0 Å². The fourth-order valence-electron chi connectivity index (χ4n) is 6.42. The summed E-state index contributed by atoms with van der Waals surface area (Å²) in [5, 5.41) is 0.518. The second-order valence-electron chi connectivity index (χ2n) is 12.8. The van der Waals surface area contributed by atoms with E-state index in [0.29, 0.717) is 5.16 Å². The van der Waals surface area contributed by atoms with Crippen LogP contribution in [0.1, 0.15) is 220 Å². The summed E-state index contributed by atoms with van der Waals surface area (Å²) >= 11 is 0. The van der Waals surface area contributed by atoms with Crippen LogP contribution in [0, 0.1) is 5.92 Å². The van der Waals surface area contributed by atoms with Crippen molar-refractivity contribution >= 4 is 26.2 Å². The van der Waals surface area contributed by atoms with Gasteiger partial charge in [0.25, 0.3) is 0 Å². The highest BCUT2D eigenvalue weighted by molar-refractivity contribution is 8.93. The molecule has 0 nitrogen and oxygen atoms in total. The molecule has 0 bridgehead atoms. The smallest absolute Gasteiger partial charge is 0.0122 e. The van der Waals surface area contributed by atoms with Gasteiger partial charge in [-0.3, -0.25) is 0 Å². The van der Waals surface area contributed by atoms with Crippen molar-refractivity contribution in [3.63, 3.8) is 0 Å². The number of hydrogen-bond acceptors (Lipinski definition) is 0. The molecule has 2 unspecified atom stereocenters. The van der Waals surface area contributed by atoms with Crippen LogP contribution in [-0.2, 0) is 0 Å². The molecule has 0 rings (SSSR count). The van der Waals surface area contributed by atoms with E-state index in [1.807, 2.05) is 0 Å². The van der Waals surface area contributed by atoms with Gasteiger partial charge in [-0.2, -0.15) is 0 Å². The Hall–Kier alpha value is 0.910. The Morgan fingerprint density at radius 3 is 0.921 bits per heavy atom. The summed E-state index contributed by atoms with van der Waals surface area (Å²) in [6.45, 7) is 9.37. The third-order valence-corrected chi connectivity index (χ3v) is 10.2. The molecule has 232 valence electrons. The van der Waals surface area contributed by atoms with Crippen molar-refractivity contribution < 1.29 is 0 Å². The highest BCUT2D eigenvalue weighted by Gasteiger charge is 2.32. The van der Waals surface area contributed by atoms with Gasteiger partial charge in [-0.25, -0.2) is 0 Å². The molecule has 0 aromatic rings. The van der Waals surface area contributed by atoms with Crippen LogP contribution in [0.3, 0.4) is 0 Å². The quantitative estimate of drug-likeness (QED) is 0.0535. The van der Waals surface area contributed by atoms with Gasteiger partial charge in [0.05, 0.1) is 0 Å². The topological polar surface area (TPSA) is 0 Å². The second kappa shape index (κ2) is 32.4. The number of hydrogen-bond donors (Lipinski definition) is 0. The average molecular weight is 620 g/mol. The molecule has 0 aromatic heterocycles. The summed E-state index contributed by atoms with van der Waals surface area (Å²) in [7, 11) is 3.50. The minimum absolute atomic E-state index is 0. The van der Waals surface area contributed by atoms with Gasteiger partial charge in [0, 0.05) is 0 Å². The van der Waals surface area contributed by atoms with Gasteiger partial charge >= 0.3 is 0 Å². The molecule has 38 heavy (non-hydrogen) atoms. The van der Waals surface area contributed by atoms with Crippen molar-refractivity contribution in [2.45, 2.75) is 225 Å². The average Bonchev–Trinajstić information content (AvgIpc) is 2.90. The van der Waals surface area contributed by atoms with Gasteiger partial charge in [0.15, 0.2) is 0 Å². The summed E-state index contributed by atoms with van der Waals surface area (Å²) in [6.07, 6.45) is 43.6. The Kier molecular flexibility index (Phi) is 35.0. The molecule has 0 N–H and O–H groups in total. The monoisotopic (exact) mass is 618 g/mol. The van der Waals surface area contributed by atoms with Crippen molar-refractivity contribution in [2.75, 3.05) is 0 Å². The minimum Gasteiger partial charge on any atom is -0.131 e. The Morgan fingerprint density at radius 2 is 0.605 bits per heavy atom. The number of halogens is 1. The van der Waals surface area contributed by atoms with Gasteiger partial charge < -0.3 is 0 Å². The molecular weight excluding hydrogens is 543 g/mol. The lowest BCUT2D eigenvalue weighted by Gasteiger charge is -2.39. The van der Waals surface area contributed by atoms with E-state index in [2.05, 4.69) is 36.9 Å². The van der Waals surface area contributed by atoms with Crippen LogP contribution in [0.25, 0.3) is 0 Å². The molecule has 0 heterocycles. The van der Waals surface area contributed by atoms with Gasteiger partial charge in [-0.05, 0) is 36.8 Å². The molecule has 0 fully saturated rings. The van der Waals surface area contributed by atoms with E-state index in [9.17, 15) is 0 Å². The largest absolute Gasteiger partial charge is 0.131 e. The summed E-state index contributed by atoms with van der Waals surface area (Å²) in [6, 6.07) is 0. The van der Waals surface area contributed by atoms with Crippen molar-refractivity contribution in [3.05, 3.63) is 0 Å². The molecule has 0 aliphatic rings. The molecule has 0 saturated carbocycles. The zero-order valence-corrected chi connectivity index (χ0v) is 30.1. The fraction of sp³-hybridized carbons (Fsp3) is 1.00. The lowest BCUT2D eigenvalue weighted by atomic mass is 9.77. The van der Waals surface area contributed by atoms with E-state index in [0.717, 1.165) is 5.92 Å². The Labute approximate surface area is 256 Å². The molecule has 2 heteroatoms. The number of unbranched alkanes of at least 4 members (excludes halogenated alkanes) is 22. The van der Waals surface area contributed by atoms with Gasteiger partial charge in [-0.15, -0.1) is 26.2 Å². The van der Waals surface area contributed by atoms with E-state index in [1.54, 1.807) is 0 Å². The molecule has 0 saturated heterocycles. The van der Waals surface area contributed by atoms with Crippen molar-refractivity contribution in [1.82, 2.24) is 0 Å². The first kappa shape index (κ1) is 41.0. The lowest BCUT2D eigenvalue weighted by Crippen LogP contribution is -2.32. The highest BCUT2D eigenvalue weighted by atomic mass is 79.9.